The van der Waals surface area contributed by atoms with Crippen LogP contribution >= 0.6 is 0 Å². The zero-order valence-corrected chi connectivity index (χ0v) is 13.9. The minimum Gasteiger partial charge on any atom is -0.493 e. The first-order chi connectivity index (χ1) is 11.0. The summed E-state index contributed by atoms with van der Waals surface area (Å²) in [5, 5.41) is 0. The fourth-order valence-electron chi connectivity index (χ4n) is 2.94. The molecule has 2 atom stereocenters. The number of hydrogen-bond donors (Lipinski definition) is 0. The first-order valence-electron chi connectivity index (χ1n) is 8.16. The summed E-state index contributed by atoms with van der Waals surface area (Å²) in [4.78, 5) is 25.6. The lowest BCUT2D eigenvalue weighted by molar-refractivity contribution is -0.153. The number of ether oxygens (including phenoxy) is 2. The fourth-order valence-corrected chi connectivity index (χ4v) is 2.94. The highest BCUT2D eigenvalue weighted by molar-refractivity contribution is 5.80. The van der Waals surface area contributed by atoms with Crippen LogP contribution in [0.1, 0.15) is 26.7 Å². The maximum Gasteiger partial charge on any atom is 0.309 e. The molecule has 0 radical (unpaired) electrons. The standard InChI is InChI=1S/C18H25NO4/c1-14-10-15(2)12-19(11-14)17(20)13-23-18(21)8-9-22-16-6-4-3-5-7-16/h3-7,14-15H,8-13H2,1-2H3. The highest BCUT2D eigenvalue weighted by Crippen LogP contribution is 2.20. The third kappa shape index (κ3) is 5.93. The average molecular weight is 319 g/mol. The average Bonchev–Trinajstić information content (AvgIpc) is 2.52. The Kier molecular flexibility index (Phi) is 6.44. The van der Waals surface area contributed by atoms with Crippen LogP contribution < -0.4 is 4.74 Å². The number of esters is 1. The van der Waals surface area contributed by atoms with E-state index in [1.54, 1.807) is 4.90 Å². The second-order valence-electron chi connectivity index (χ2n) is 6.32. The van der Waals surface area contributed by atoms with E-state index in [9.17, 15) is 9.59 Å². The third-order valence-electron chi connectivity index (χ3n) is 3.90. The number of amides is 1. The van der Waals surface area contributed by atoms with Crippen LogP contribution in [0.3, 0.4) is 0 Å². The molecule has 0 aromatic heterocycles. The Hall–Kier alpha value is -2.04. The van der Waals surface area contributed by atoms with E-state index < -0.39 is 5.97 Å². The van der Waals surface area contributed by atoms with E-state index in [1.165, 1.54) is 0 Å². The van der Waals surface area contributed by atoms with Gasteiger partial charge in [0.25, 0.3) is 5.91 Å². The summed E-state index contributed by atoms with van der Waals surface area (Å²) in [7, 11) is 0. The fraction of sp³-hybridized carbons (Fsp3) is 0.556. The molecule has 0 aliphatic carbocycles. The molecule has 0 saturated carbocycles. The van der Waals surface area contributed by atoms with Crippen molar-refractivity contribution in [1.82, 2.24) is 4.90 Å². The Morgan fingerprint density at radius 1 is 1.13 bits per heavy atom. The van der Waals surface area contributed by atoms with Gasteiger partial charge in [-0.1, -0.05) is 32.0 Å². The number of carbonyl (C=O) groups excluding carboxylic acids is 2. The highest BCUT2D eigenvalue weighted by atomic mass is 16.5. The predicted octanol–water partition coefficient (Wildman–Crippen LogP) is 2.50. The highest BCUT2D eigenvalue weighted by Gasteiger charge is 2.25. The largest absolute Gasteiger partial charge is 0.493 e. The molecule has 1 fully saturated rings. The van der Waals surface area contributed by atoms with Gasteiger partial charge in [0, 0.05) is 13.1 Å². The van der Waals surface area contributed by atoms with Crippen molar-refractivity contribution >= 4 is 11.9 Å². The van der Waals surface area contributed by atoms with Crippen molar-refractivity contribution in [2.45, 2.75) is 26.7 Å². The number of nitrogens with zero attached hydrogens (tertiary/aromatic N) is 1. The van der Waals surface area contributed by atoms with Crippen LogP contribution in [-0.4, -0.2) is 43.1 Å². The Morgan fingerprint density at radius 3 is 2.43 bits per heavy atom. The first kappa shape index (κ1) is 17.3. The molecule has 126 valence electrons. The summed E-state index contributed by atoms with van der Waals surface area (Å²) in [5.74, 6) is 1.19. The minimum absolute atomic E-state index is 0.110. The number of rotatable bonds is 6. The van der Waals surface area contributed by atoms with Gasteiger partial charge in [-0.3, -0.25) is 9.59 Å². The Bertz CT molecular complexity index is 507. The smallest absolute Gasteiger partial charge is 0.309 e. The molecule has 1 heterocycles. The van der Waals surface area contributed by atoms with Crippen LogP contribution in [0.2, 0.25) is 0 Å². The topological polar surface area (TPSA) is 55.8 Å². The second kappa shape index (κ2) is 8.56. The molecule has 1 aromatic rings. The third-order valence-corrected chi connectivity index (χ3v) is 3.90. The number of piperidine rings is 1. The Balaban J connectivity index is 1.64. The van der Waals surface area contributed by atoms with Gasteiger partial charge < -0.3 is 14.4 Å². The zero-order chi connectivity index (χ0) is 16.7. The summed E-state index contributed by atoms with van der Waals surface area (Å²) in [6, 6.07) is 9.29. The van der Waals surface area contributed by atoms with E-state index in [1.807, 2.05) is 30.3 Å². The lowest BCUT2D eigenvalue weighted by Gasteiger charge is -2.34. The molecule has 2 unspecified atom stereocenters. The SMILES string of the molecule is CC1CC(C)CN(C(=O)COC(=O)CCOc2ccccc2)C1. The number of carbonyl (C=O) groups is 2. The van der Waals surface area contributed by atoms with Crippen molar-refractivity contribution in [2.24, 2.45) is 11.8 Å². The van der Waals surface area contributed by atoms with Crippen molar-refractivity contribution in [1.29, 1.82) is 0 Å². The van der Waals surface area contributed by atoms with Gasteiger partial charge in [-0.2, -0.15) is 0 Å². The number of hydrogen-bond acceptors (Lipinski definition) is 4. The maximum absolute atomic E-state index is 12.1. The summed E-state index contributed by atoms with van der Waals surface area (Å²) >= 11 is 0. The van der Waals surface area contributed by atoms with Crippen molar-refractivity contribution in [3.05, 3.63) is 30.3 Å². The number of benzene rings is 1. The van der Waals surface area contributed by atoms with Gasteiger partial charge in [0.15, 0.2) is 6.61 Å². The molecule has 1 aliphatic heterocycles. The Labute approximate surface area is 137 Å². The molecule has 0 spiro atoms. The van der Waals surface area contributed by atoms with E-state index in [2.05, 4.69) is 13.8 Å². The summed E-state index contributed by atoms with van der Waals surface area (Å²) < 4.78 is 10.5. The molecular weight excluding hydrogens is 294 g/mol. The van der Waals surface area contributed by atoms with Crippen LogP contribution in [0, 0.1) is 11.8 Å². The molecule has 1 aliphatic rings. The molecular formula is C18H25NO4. The van der Waals surface area contributed by atoms with E-state index in [0.29, 0.717) is 17.6 Å². The molecule has 0 bridgehead atoms. The summed E-state index contributed by atoms with van der Waals surface area (Å²) in [6.45, 7) is 5.85. The van der Waals surface area contributed by atoms with E-state index >= 15 is 0 Å². The van der Waals surface area contributed by atoms with Gasteiger partial charge >= 0.3 is 5.97 Å². The van der Waals surface area contributed by atoms with Crippen LogP contribution in [-0.2, 0) is 14.3 Å². The van der Waals surface area contributed by atoms with Gasteiger partial charge in [-0.25, -0.2) is 0 Å². The van der Waals surface area contributed by atoms with Crippen molar-refractivity contribution in [3.63, 3.8) is 0 Å². The molecule has 0 N–H and O–H groups in total. The molecule has 1 saturated heterocycles. The quantitative estimate of drug-likeness (QED) is 0.756. The molecule has 1 aromatic carbocycles. The van der Waals surface area contributed by atoms with Crippen molar-refractivity contribution in [3.8, 4) is 5.75 Å². The summed E-state index contributed by atoms with van der Waals surface area (Å²) in [5.41, 5.74) is 0. The number of para-hydroxylation sites is 1. The molecule has 5 nitrogen and oxygen atoms in total. The lowest BCUT2D eigenvalue weighted by atomic mass is 9.92. The maximum atomic E-state index is 12.1. The van der Waals surface area contributed by atoms with Gasteiger partial charge in [-0.05, 0) is 30.4 Å². The number of likely N-dealkylation sites (tertiary alicyclic amines) is 1. The molecule has 23 heavy (non-hydrogen) atoms. The predicted molar refractivity (Wildman–Crippen MR) is 87.0 cm³/mol. The zero-order valence-electron chi connectivity index (χ0n) is 13.9. The Morgan fingerprint density at radius 2 is 1.78 bits per heavy atom. The van der Waals surface area contributed by atoms with Crippen molar-refractivity contribution in [2.75, 3.05) is 26.3 Å². The van der Waals surface area contributed by atoms with E-state index in [4.69, 9.17) is 9.47 Å². The van der Waals surface area contributed by atoms with Crippen LogP contribution in [0.4, 0.5) is 0 Å². The van der Waals surface area contributed by atoms with E-state index in [0.717, 1.165) is 19.5 Å². The first-order valence-corrected chi connectivity index (χ1v) is 8.16. The summed E-state index contributed by atoms with van der Waals surface area (Å²) in [6.07, 6.45) is 1.27. The van der Waals surface area contributed by atoms with Gasteiger partial charge in [0.05, 0.1) is 13.0 Å². The monoisotopic (exact) mass is 319 g/mol. The molecule has 1 amide bonds. The van der Waals surface area contributed by atoms with Gasteiger partial charge in [-0.15, -0.1) is 0 Å². The van der Waals surface area contributed by atoms with Crippen LogP contribution in [0.25, 0.3) is 0 Å². The van der Waals surface area contributed by atoms with Crippen LogP contribution in [0.5, 0.6) is 5.75 Å². The minimum atomic E-state index is -0.410. The lowest BCUT2D eigenvalue weighted by Crippen LogP contribution is -2.44. The van der Waals surface area contributed by atoms with Crippen molar-refractivity contribution < 1.29 is 19.1 Å². The van der Waals surface area contributed by atoms with Crippen LogP contribution in [0.15, 0.2) is 30.3 Å². The van der Waals surface area contributed by atoms with E-state index in [-0.39, 0.29) is 25.5 Å². The normalized spacial score (nSPS) is 20.9. The molecule has 2 rings (SSSR count). The second-order valence-corrected chi connectivity index (χ2v) is 6.32. The molecule has 5 heteroatoms. The van der Waals surface area contributed by atoms with Gasteiger partial charge in [0.2, 0.25) is 0 Å². The van der Waals surface area contributed by atoms with Gasteiger partial charge in [0.1, 0.15) is 5.75 Å².